The highest BCUT2D eigenvalue weighted by atomic mass is 16.5. The van der Waals surface area contributed by atoms with E-state index in [1.807, 2.05) is 0 Å². The summed E-state index contributed by atoms with van der Waals surface area (Å²) in [5.74, 6) is 0.0718. The molecule has 0 spiro atoms. The summed E-state index contributed by atoms with van der Waals surface area (Å²) in [6.07, 6.45) is 9.30. The van der Waals surface area contributed by atoms with Gasteiger partial charge in [-0.2, -0.15) is 0 Å². The first-order valence-electron chi connectivity index (χ1n) is 9.26. The van der Waals surface area contributed by atoms with Gasteiger partial charge in [-0.15, -0.1) is 0 Å². The van der Waals surface area contributed by atoms with E-state index in [9.17, 15) is 20.8 Å². The standard InChI is InChI=1S/C20H30N4O4/c1-17(2)18(3,4)22(26)15(21(17)25)13-11-9-10-12-14-16-23(27)19(5,6)20(7,8)24(16)28/h9-14H,1-8H3/b10-9+,13-11+,14-12+. The average Bonchev–Trinajstić information content (AvgIpc) is 2.78. The second kappa shape index (κ2) is 6.63. The summed E-state index contributed by atoms with van der Waals surface area (Å²) >= 11 is 0. The van der Waals surface area contributed by atoms with Crippen molar-refractivity contribution in [2.24, 2.45) is 0 Å². The third kappa shape index (κ3) is 2.91. The van der Waals surface area contributed by atoms with Crippen molar-refractivity contribution in [3.63, 3.8) is 0 Å². The molecule has 2 radical (unpaired) electrons. The Morgan fingerprint density at radius 3 is 1.14 bits per heavy atom. The van der Waals surface area contributed by atoms with Gasteiger partial charge in [0.15, 0.2) is 11.1 Å². The van der Waals surface area contributed by atoms with Gasteiger partial charge in [0.05, 0.1) is 0 Å². The van der Waals surface area contributed by atoms with Gasteiger partial charge in [0.1, 0.15) is 11.1 Å². The molecule has 154 valence electrons. The molecule has 0 saturated carbocycles. The van der Waals surface area contributed by atoms with Crippen LogP contribution in [0.2, 0.25) is 0 Å². The quantitative estimate of drug-likeness (QED) is 0.419. The minimum Gasteiger partial charge on any atom is -0.714 e. The van der Waals surface area contributed by atoms with Crippen LogP contribution in [0.25, 0.3) is 0 Å². The molecule has 2 aliphatic heterocycles. The number of allylic oxidation sites excluding steroid dienone is 4. The van der Waals surface area contributed by atoms with E-state index in [0.29, 0.717) is 0 Å². The first-order valence-corrected chi connectivity index (χ1v) is 9.26. The van der Waals surface area contributed by atoms with Crippen LogP contribution in [-0.2, 0) is 10.4 Å². The van der Waals surface area contributed by atoms with Crippen LogP contribution in [0.5, 0.6) is 0 Å². The van der Waals surface area contributed by atoms with E-state index in [1.165, 1.54) is 12.2 Å². The Morgan fingerprint density at radius 2 is 0.929 bits per heavy atom. The van der Waals surface area contributed by atoms with Crippen LogP contribution < -0.4 is 0 Å². The van der Waals surface area contributed by atoms with Crippen LogP contribution >= 0.6 is 0 Å². The van der Waals surface area contributed by atoms with Gasteiger partial charge in [0, 0.05) is 22.6 Å². The SMILES string of the molecule is CC1(C)N([O])C(/C=C/C=C/C=C/C2=[N+]([O-])C(C)(C)C(C)(C)N2[O])=[N+]([O-])C1(C)C. The average molecular weight is 390 g/mol. The molecular formula is C20H30N4O4. The van der Waals surface area contributed by atoms with Gasteiger partial charge in [-0.1, -0.05) is 34.4 Å². The zero-order chi connectivity index (χ0) is 21.7. The molecule has 2 rings (SSSR count). The fourth-order valence-electron chi connectivity index (χ4n) is 2.99. The lowest BCUT2D eigenvalue weighted by Crippen LogP contribution is -2.53. The summed E-state index contributed by atoms with van der Waals surface area (Å²) in [5, 5.41) is 51.1. The van der Waals surface area contributed by atoms with Crippen molar-refractivity contribution in [2.75, 3.05) is 0 Å². The topological polar surface area (TPSA) is 98.4 Å². The van der Waals surface area contributed by atoms with Crippen molar-refractivity contribution < 1.29 is 19.9 Å². The summed E-state index contributed by atoms with van der Waals surface area (Å²) in [4.78, 5) is 0. The van der Waals surface area contributed by atoms with E-state index in [1.54, 1.807) is 79.7 Å². The maximum atomic E-state index is 12.4. The first kappa shape index (κ1) is 22.0. The minimum absolute atomic E-state index is 0.0359. The van der Waals surface area contributed by atoms with Gasteiger partial charge >= 0.3 is 11.7 Å². The Bertz CT molecular complexity index is 735. The molecular weight excluding hydrogens is 360 g/mol. The number of nitrogens with zero attached hydrogens (tertiary/aromatic N) is 4. The van der Waals surface area contributed by atoms with Gasteiger partial charge in [-0.3, -0.25) is 9.48 Å². The van der Waals surface area contributed by atoms with Crippen molar-refractivity contribution in [2.45, 2.75) is 77.5 Å². The minimum atomic E-state index is -0.855. The van der Waals surface area contributed by atoms with E-state index in [4.69, 9.17) is 0 Å². The highest BCUT2D eigenvalue weighted by Crippen LogP contribution is 2.36. The second-order valence-corrected chi connectivity index (χ2v) is 9.23. The third-order valence-electron chi connectivity index (χ3n) is 6.68. The lowest BCUT2D eigenvalue weighted by Gasteiger charge is -2.32. The van der Waals surface area contributed by atoms with Crippen LogP contribution in [0.1, 0.15) is 55.4 Å². The fraction of sp³-hybridized carbons (Fsp3) is 0.600. The van der Waals surface area contributed by atoms with E-state index in [-0.39, 0.29) is 11.7 Å². The fourth-order valence-corrected chi connectivity index (χ4v) is 2.99. The molecule has 2 aliphatic rings. The Kier molecular flexibility index (Phi) is 5.20. The molecule has 2 heterocycles. The van der Waals surface area contributed by atoms with E-state index < -0.39 is 22.2 Å². The summed E-state index contributed by atoms with van der Waals surface area (Å²) in [5.41, 5.74) is -3.42. The number of rotatable bonds is 4. The van der Waals surface area contributed by atoms with Crippen molar-refractivity contribution >= 4 is 11.7 Å². The molecule has 8 heteroatoms. The van der Waals surface area contributed by atoms with Crippen LogP contribution in [0.4, 0.5) is 0 Å². The lowest BCUT2D eigenvalue weighted by molar-refractivity contribution is -0.539. The number of amidine groups is 2. The number of hydrogen-bond donors (Lipinski definition) is 0. The van der Waals surface area contributed by atoms with Gasteiger partial charge in [-0.25, -0.2) is 0 Å². The zero-order valence-electron chi connectivity index (χ0n) is 17.9. The Labute approximate surface area is 166 Å². The molecule has 0 atom stereocenters. The molecule has 0 bridgehead atoms. The maximum absolute atomic E-state index is 12.4. The summed E-state index contributed by atoms with van der Waals surface area (Å²) < 4.78 is 1.45. The number of hydroxylamine groups is 6. The highest BCUT2D eigenvalue weighted by molar-refractivity contribution is 5.90. The van der Waals surface area contributed by atoms with Crippen molar-refractivity contribution in [1.29, 1.82) is 0 Å². The molecule has 0 aromatic carbocycles. The van der Waals surface area contributed by atoms with Crippen LogP contribution in [-0.4, -0.2) is 53.4 Å². The molecule has 28 heavy (non-hydrogen) atoms. The van der Waals surface area contributed by atoms with Crippen molar-refractivity contribution in [3.05, 3.63) is 46.9 Å². The molecule has 8 nitrogen and oxygen atoms in total. The lowest BCUT2D eigenvalue weighted by atomic mass is 9.84. The predicted octanol–water partition coefficient (Wildman–Crippen LogP) is 2.91. The third-order valence-corrected chi connectivity index (χ3v) is 6.68. The van der Waals surface area contributed by atoms with E-state index in [2.05, 4.69) is 0 Å². The van der Waals surface area contributed by atoms with Crippen LogP contribution in [0.15, 0.2) is 36.5 Å². The van der Waals surface area contributed by atoms with Crippen LogP contribution in [0, 0.1) is 10.4 Å². The molecule has 0 fully saturated rings. The molecule has 0 aromatic heterocycles. The number of hydrogen-bond acceptors (Lipinski definition) is 4. The Morgan fingerprint density at radius 1 is 0.643 bits per heavy atom. The van der Waals surface area contributed by atoms with E-state index in [0.717, 1.165) is 19.6 Å². The molecule has 0 unspecified atom stereocenters. The Hall–Kier alpha value is -2.32. The van der Waals surface area contributed by atoms with Crippen molar-refractivity contribution in [3.8, 4) is 0 Å². The molecule has 0 aliphatic carbocycles. The van der Waals surface area contributed by atoms with Gasteiger partial charge in [0.25, 0.3) is 0 Å². The van der Waals surface area contributed by atoms with Gasteiger partial charge < -0.3 is 10.4 Å². The molecule has 0 N–H and O–H groups in total. The largest absolute Gasteiger partial charge is 0.714 e. The van der Waals surface area contributed by atoms with E-state index >= 15 is 0 Å². The summed E-state index contributed by atoms with van der Waals surface area (Å²) in [7, 11) is 0. The normalized spacial score (nSPS) is 26.1. The molecule has 0 aromatic rings. The van der Waals surface area contributed by atoms with Gasteiger partial charge in [-0.05, 0) is 55.4 Å². The van der Waals surface area contributed by atoms with Crippen molar-refractivity contribution in [1.82, 2.24) is 10.1 Å². The highest BCUT2D eigenvalue weighted by Gasteiger charge is 2.59. The smallest absolute Gasteiger partial charge is 0.309 e. The summed E-state index contributed by atoms with van der Waals surface area (Å²) in [6, 6.07) is 0. The predicted molar refractivity (Wildman–Crippen MR) is 106 cm³/mol. The molecule has 0 amide bonds. The van der Waals surface area contributed by atoms with Gasteiger partial charge in [0.2, 0.25) is 0 Å². The first-order chi connectivity index (χ1) is 12.6. The Balaban J connectivity index is 2.13. The summed E-state index contributed by atoms with van der Waals surface area (Å²) in [6.45, 7) is 13.9. The maximum Gasteiger partial charge on any atom is 0.309 e. The molecule has 0 saturated heterocycles. The zero-order valence-corrected chi connectivity index (χ0v) is 17.9. The second-order valence-electron chi connectivity index (χ2n) is 9.23. The van der Waals surface area contributed by atoms with Crippen LogP contribution in [0.3, 0.4) is 0 Å². The monoisotopic (exact) mass is 390 g/mol.